The first-order chi connectivity index (χ1) is 16.1. The van der Waals surface area contributed by atoms with Crippen molar-refractivity contribution in [2.24, 2.45) is 5.92 Å². The zero-order valence-corrected chi connectivity index (χ0v) is 19.1. The number of para-hydroxylation sites is 1. The molecule has 2 unspecified atom stereocenters. The number of ether oxygens (including phenoxy) is 3. The van der Waals surface area contributed by atoms with Gasteiger partial charge in [-0.15, -0.1) is 0 Å². The minimum absolute atomic E-state index is 0.236. The number of benzene rings is 3. The van der Waals surface area contributed by atoms with E-state index in [0.717, 1.165) is 11.1 Å². The SMILES string of the molecule is CCOc1cccc(C(O)C(CNCc2ccccc2)C(=O)OC)c1OCc1ccccc1. The van der Waals surface area contributed by atoms with E-state index < -0.39 is 18.0 Å². The molecule has 6 nitrogen and oxygen atoms in total. The number of rotatable bonds is 12. The maximum Gasteiger partial charge on any atom is 0.312 e. The van der Waals surface area contributed by atoms with E-state index in [2.05, 4.69) is 5.32 Å². The largest absolute Gasteiger partial charge is 0.490 e. The number of aliphatic hydroxyl groups excluding tert-OH is 1. The Labute approximate surface area is 195 Å². The first-order valence-electron chi connectivity index (χ1n) is 11.1. The molecule has 3 aromatic carbocycles. The van der Waals surface area contributed by atoms with E-state index in [1.807, 2.05) is 67.6 Å². The van der Waals surface area contributed by atoms with E-state index in [0.29, 0.717) is 36.8 Å². The highest BCUT2D eigenvalue weighted by Gasteiger charge is 2.32. The van der Waals surface area contributed by atoms with Crippen molar-refractivity contribution < 1.29 is 24.1 Å². The Hall–Kier alpha value is -3.35. The van der Waals surface area contributed by atoms with Crippen LogP contribution in [0, 0.1) is 5.92 Å². The molecule has 0 aliphatic rings. The number of esters is 1. The lowest BCUT2D eigenvalue weighted by molar-refractivity contribution is -0.149. The normalized spacial score (nSPS) is 12.6. The van der Waals surface area contributed by atoms with Crippen LogP contribution in [0.15, 0.2) is 78.9 Å². The second-order valence-corrected chi connectivity index (χ2v) is 7.57. The molecule has 0 spiro atoms. The minimum atomic E-state index is -1.15. The standard InChI is InChI=1S/C27H31NO5/c1-3-32-24-16-10-15-22(26(24)33-19-21-13-8-5-9-14-21)25(29)23(27(30)31-2)18-28-17-20-11-6-4-7-12-20/h4-16,23,25,28-29H,3,17-19H2,1-2H3. The molecule has 2 atom stereocenters. The number of methoxy groups -OCH3 is 1. The molecule has 0 aromatic heterocycles. The fourth-order valence-electron chi connectivity index (χ4n) is 3.58. The van der Waals surface area contributed by atoms with Crippen LogP contribution in [0.5, 0.6) is 11.5 Å². The van der Waals surface area contributed by atoms with Gasteiger partial charge in [0.05, 0.1) is 25.7 Å². The summed E-state index contributed by atoms with van der Waals surface area (Å²) in [6, 6.07) is 24.9. The highest BCUT2D eigenvalue weighted by molar-refractivity contribution is 5.74. The van der Waals surface area contributed by atoms with Gasteiger partial charge in [-0.1, -0.05) is 72.8 Å². The molecule has 0 saturated heterocycles. The number of hydrogen-bond donors (Lipinski definition) is 2. The summed E-state index contributed by atoms with van der Waals surface area (Å²) in [6.45, 7) is 3.44. The molecule has 2 N–H and O–H groups in total. The first-order valence-corrected chi connectivity index (χ1v) is 11.1. The zero-order valence-electron chi connectivity index (χ0n) is 19.1. The van der Waals surface area contributed by atoms with Gasteiger partial charge in [-0.05, 0) is 24.1 Å². The average molecular weight is 450 g/mol. The minimum Gasteiger partial charge on any atom is -0.490 e. The number of carbonyl (C=O) groups excluding carboxylic acids is 1. The molecule has 0 aliphatic carbocycles. The van der Waals surface area contributed by atoms with Gasteiger partial charge in [0.1, 0.15) is 6.61 Å². The molecule has 6 heteroatoms. The van der Waals surface area contributed by atoms with Crippen molar-refractivity contribution in [2.45, 2.75) is 26.2 Å². The van der Waals surface area contributed by atoms with Gasteiger partial charge in [0.25, 0.3) is 0 Å². The Morgan fingerprint density at radius 3 is 2.21 bits per heavy atom. The molecule has 0 saturated carbocycles. The highest BCUT2D eigenvalue weighted by Crippen LogP contribution is 2.38. The van der Waals surface area contributed by atoms with E-state index in [4.69, 9.17) is 14.2 Å². The summed E-state index contributed by atoms with van der Waals surface area (Å²) < 4.78 is 16.9. The third kappa shape index (κ3) is 6.81. The second kappa shape index (κ2) is 12.6. The van der Waals surface area contributed by atoms with E-state index in [1.165, 1.54) is 7.11 Å². The zero-order chi connectivity index (χ0) is 23.5. The van der Waals surface area contributed by atoms with Crippen molar-refractivity contribution >= 4 is 5.97 Å². The van der Waals surface area contributed by atoms with E-state index >= 15 is 0 Å². The topological polar surface area (TPSA) is 77.0 Å². The maximum absolute atomic E-state index is 12.6. The van der Waals surface area contributed by atoms with Crippen molar-refractivity contribution in [1.29, 1.82) is 0 Å². The summed E-state index contributed by atoms with van der Waals surface area (Å²) in [5.74, 6) is -0.382. The van der Waals surface area contributed by atoms with Gasteiger partial charge in [0, 0.05) is 18.7 Å². The fraction of sp³-hybridized carbons (Fsp3) is 0.296. The lowest BCUT2D eigenvalue weighted by atomic mass is 9.94. The van der Waals surface area contributed by atoms with Crippen LogP contribution in [0.2, 0.25) is 0 Å². The Morgan fingerprint density at radius 2 is 1.58 bits per heavy atom. The van der Waals surface area contributed by atoms with Crippen LogP contribution < -0.4 is 14.8 Å². The van der Waals surface area contributed by atoms with Gasteiger partial charge in [-0.25, -0.2) is 0 Å². The molecule has 174 valence electrons. The lowest BCUT2D eigenvalue weighted by Crippen LogP contribution is -2.34. The van der Waals surface area contributed by atoms with Crippen LogP contribution in [-0.2, 0) is 22.7 Å². The van der Waals surface area contributed by atoms with Crippen molar-refractivity contribution in [3.05, 3.63) is 95.6 Å². The van der Waals surface area contributed by atoms with Crippen molar-refractivity contribution in [3.63, 3.8) is 0 Å². The number of nitrogens with one attached hydrogen (secondary N) is 1. The van der Waals surface area contributed by atoms with Crippen LogP contribution in [-0.4, -0.2) is 31.3 Å². The van der Waals surface area contributed by atoms with Crippen molar-refractivity contribution in [1.82, 2.24) is 5.32 Å². The molecule has 0 aliphatic heterocycles. The van der Waals surface area contributed by atoms with Gasteiger partial charge in [0.2, 0.25) is 0 Å². The lowest BCUT2D eigenvalue weighted by Gasteiger charge is -2.24. The summed E-state index contributed by atoms with van der Waals surface area (Å²) >= 11 is 0. The number of carbonyl (C=O) groups is 1. The Balaban J connectivity index is 1.82. The van der Waals surface area contributed by atoms with Crippen LogP contribution in [0.25, 0.3) is 0 Å². The summed E-state index contributed by atoms with van der Waals surface area (Å²) in [7, 11) is 1.32. The van der Waals surface area contributed by atoms with Gasteiger partial charge < -0.3 is 24.6 Å². The molecule has 0 fully saturated rings. The smallest absolute Gasteiger partial charge is 0.312 e. The Kier molecular flexibility index (Phi) is 9.30. The molecule has 3 aromatic rings. The van der Waals surface area contributed by atoms with Crippen molar-refractivity contribution in [2.75, 3.05) is 20.3 Å². The van der Waals surface area contributed by atoms with Crippen LogP contribution in [0.1, 0.15) is 29.7 Å². The molecule has 3 rings (SSSR count). The first kappa shape index (κ1) is 24.3. The van der Waals surface area contributed by atoms with E-state index in [1.54, 1.807) is 18.2 Å². The summed E-state index contributed by atoms with van der Waals surface area (Å²) in [5.41, 5.74) is 2.55. The second-order valence-electron chi connectivity index (χ2n) is 7.57. The third-order valence-electron chi connectivity index (χ3n) is 5.28. The summed E-state index contributed by atoms with van der Waals surface area (Å²) in [6.07, 6.45) is -1.15. The van der Waals surface area contributed by atoms with Gasteiger partial charge in [-0.3, -0.25) is 4.79 Å². The Morgan fingerprint density at radius 1 is 0.909 bits per heavy atom. The summed E-state index contributed by atoms with van der Waals surface area (Å²) in [5, 5.41) is 14.5. The molecular formula is C27H31NO5. The van der Waals surface area contributed by atoms with Crippen molar-refractivity contribution in [3.8, 4) is 11.5 Å². The molecule has 0 radical (unpaired) electrons. The predicted molar refractivity (Wildman–Crippen MR) is 127 cm³/mol. The monoisotopic (exact) mass is 449 g/mol. The van der Waals surface area contributed by atoms with Crippen LogP contribution in [0.4, 0.5) is 0 Å². The summed E-state index contributed by atoms with van der Waals surface area (Å²) in [4.78, 5) is 12.6. The van der Waals surface area contributed by atoms with Gasteiger partial charge >= 0.3 is 5.97 Å². The van der Waals surface area contributed by atoms with Gasteiger partial charge in [0.15, 0.2) is 11.5 Å². The molecule has 0 amide bonds. The maximum atomic E-state index is 12.6. The molecule has 0 heterocycles. The number of aliphatic hydroxyl groups is 1. The third-order valence-corrected chi connectivity index (χ3v) is 5.28. The van der Waals surface area contributed by atoms with E-state index in [-0.39, 0.29) is 6.54 Å². The van der Waals surface area contributed by atoms with Gasteiger partial charge in [-0.2, -0.15) is 0 Å². The predicted octanol–water partition coefficient (Wildman–Crippen LogP) is 4.28. The van der Waals surface area contributed by atoms with Crippen LogP contribution >= 0.6 is 0 Å². The van der Waals surface area contributed by atoms with E-state index in [9.17, 15) is 9.90 Å². The Bertz CT molecular complexity index is 994. The number of hydrogen-bond acceptors (Lipinski definition) is 6. The molecule has 33 heavy (non-hydrogen) atoms. The fourth-order valence-corrected chi connectivity index (χ4v) is 3.58. The highest BCUT2D eigenvalue weighted by atomic mass is 16.5. The average Bonchev–Trinajstić information content (AvgIpc) is 2.86. The molecular weight excluding hydrogens is 418 g/mol. The quantitative estimate of drug-likeness (QED) is 0.402. The molecule has 0 bridgehead atoms. The van der Waals surface area contributed by atoms with Crippen LogP contribution in [0.3, 0.4) is 0 Å².